The third-order valence-electron chi connectivity index (χ3n) is 11.2. The van der Waals surface area contributed by atoms with Crippen LogP contribution in [0.1, 0.15) is 34.1 Å². The van der Waals surface area contributed by atoms with E-state index < -0.39 is 13.9 Å². The van der Waals surface area contributed by atoms with Crippen molar-refractivity contribution in [2.24, 2.45) is 0 Å². The van der Waals surface area contributed by atoms with Gasteiger partial charge in [0.25, 0.3) is 0 Å². The van der Waals surface area contributed by atoms with Gasteiger partial charge in [0, 0.05) is 0 Å². The van der Waals surface area contributed by atoms with Gasteiger partial charge in [-0.3, -0.25) is 0 Å². The Labute approximate surface area is 277 Å². The van der Waals surface area contributed by atoms with E-state index in [0.29, 0.717) is 0 Å². The van der Waals surface area contributed by atoms with Crippen LogP contribution in [0.5, 0.6) is 0 Å². The summed E-state index contributed by atoms with van der Waals surface area (Å²) in [6, 6.07) is 68.7. The molecule has 6 aromatic carbocycles. The summed E-state index contributed by atoms with van der Waals surface area (Å²) in [6.07, 6.45) is 1.03. The van der Waals surface area contributed by atoms with Crippen LogP contribution in [0.15, 0.2) is 182 Å². The molecule has 0 N–H and O–H groups in total. The third-order valence-corrected chi connectivity index (χ3v) is 25.0. The molecule has 0 aliphatic heterocycles. The van der Waals surface area contributed by atoms with Crippen molar-refractivity contribution in [1.29, 1.82) is 0 Å². The number of hydrogen-bond acceptors (Lipinski definition) is 0. The van der Waals surface area contributed by atoms with Gasteiger partial charge in [0.05, 0.1) is 0 Å². The van der Waals surface area contributed by atoms with Crippen LogP contribution in [0.25, 0.3) is 0 Å². The third kappa shape index (κ3) is 4.82. The molecular formula is C44H48P2. The van der Waals surface area contributed by atoms with Crippen molar-refractivity contribution >= 4 is 45.7 Å². The van der Waals surface area contributed by atoms with Crippen LogP contribution in [-0.4, -0.2) is 17.0 Å². The Balaban J connectivity index is 1.70. The Hall–Kier alpha value is -3.82. The second kappa shape index (κ2) is 12.4. The molecule has 0 fully saturated rings. The molecule has 0 amide bonds. The predicted molar refractivity (Wildman–Crippen MR) is 210 cm³/mol. The van der Waals surface area contributed by atoms with Gasteiger partial charge in [-0.15, -0.1) is 0 Å². The first-order chi connectivity index (χ1) is 22.2. The number of rotatable bonds is 10. The summed E-state index contributed by atoms with van der Waals surface area (Å²) < 4.78 is 0. The quantitative estimate of drug-likeness (QED) is 0.132. The first-order valence-corrected chi connectivity index (χ1v) is 21.2. The second-order valence-corrected chi connectivity index (χ2v) is 24.8. The minimum absolute atomic E-state index is 0.0991. The summed E-state index contributed by atoms with van der Waals surface area (Å²) in [4.78, 5) is 0. The summed E-state index contributed by atoms with van der Waals surface area (Å²) in [7, 11) is -2.65. The topological polar surface area (TPSA) is 0 Å². The van der Waals surface area contributed by atoms with Crippen molar-refractivity contribution < 1.29 is 0 Å². The van der Waals surface area contributed by atoms with Gasteiger partial charge in [0.15, 0.2) is 0 Å². The van der Waals surface area contributed by atoms with E-state index in [2.05, 4.69) is 216 Å². The summed E-state index contributed by atoms with van der Waals surface area (Å²) in [5.74, 6) is 0. The monoisotopic (exact) mass is 638 g/mol. The van der Waals surface area contributed by atoms with Crippen molar-refractivity contribution in [1.82, 2.24) is 0 Å². The Morgan fingerprint density at radius 3 is 0.891 bits per heavy atom. The van der Waals surface area contributed by atoms with E-state index in [4.69, 9.17) is 0 Å². The molecule has 0 aromatic heterocycles. The molecule has 0 saturated carbocycles. The molecular weight excluding hydrogens is 590 g/mol. The Morgan fingerprint density at radius 2 is 0.630 bits per heavy atom. The van der Waals surface area contributed by atoms with Crippen LogP contribution >= 0.6 is 13.9 Å². The van der Waals surface area contributed by atoms with E-state index in [1.807, 2.05) is 0 Å². The SMILES string of the molecule is CC(C)(CC(C)(C)P(C)(c1ccccc1)(c1ccccc1)c1ccccc1)[PH](c1ccccc1)(c1ccccc1)c1ccccc1. The van der Waals surface area contributed by atoms with Gasteiger partial charge in [-0.05, 0) is 0 Å². The molecule has 0 nitrogen and oxygen atoms in total. The Morgan fingerprint density at radius 1 is 0.391 bits per heavy atom. The van der Waals surface area contributed by atoms with E-state index in [1.54, 1.807) is 0 Å². The van der Waals surface area contributed by atoms with Crippen LogP contribution in [0.3, 0.4) is 0 Å². The molecule has 2 heteroatoms. The van der Waals surface area contributed by atoms with Gasteiger partial charge in [-0.1, -0.05) is 0 Å². The normalized spacial score (nSPS) is 13.8. The minimum atomic E-state index is -3.16. The summed E-state index contributed by atoms with van der Waals surface area (Å²) in [5.41, 5.74) is 0. The van der Waals surface area contributed by atoms with Crippen molar-refractivity contribution in [2.75, 3.05) is 6.66 Å². The molecule has 0 saturated heterocycles. The maximum atomic E-state index is 2.65. The van der Waals surface area contributed by atoms with E-state index >= 15 is 0 Å². The molecule has 6 aromatic rings. The molecule has 0 unspecified atom stereocenters. The molecule has 46 heavy (non-hydrogen) atoms. The molecule has 0 aliphatic carbocycles. The molecule has 0 bridgehead atoms. The van der Waals surface area contributed by atoms with Crippen LogP contribution in [-0.2, 0) is 0 Å². The van der Waals surface area contributed by atoms with Gasteiger partial charge in [-0.2, -0.15) is 0 Å². The zero-order valence-corrected chi connectivity index (χ0v) is 29.9. The Kier molecular flexibility index (Phi) is 8.67. The zero-order valence-electron chi connectivity index (χ0n) is 28.0. The van der Waals surface area contributed by atoms with Gasteiger partial charge in [0.2, 0.25) is 0 Å². The molecule has 234 valence electrons. The fourth-order valence-corrected chi connectivity index (χ4v) is 21.9. The van der Waals surface area contributed by atoms with Crippen molar-refractivity contribution in [3.63, 3.8) is 0 Å². The van der Waals surface area contributed by atoms with Crippen LogP contribution in [0.4, 0.5) is 0 Å². The zero-order chi connectivity index (χ0) is 32.3. The molecule has 0 heterocycles. The second-order valence-electron chi connectivity index (χ2n) is 14.3. The summed E-state index contributed by atoms with van der Waals surface area (Å²) in [6.45, 7) is 9.82. The molecule has 0 aliphatic rings. The predicted octanol–water partition coefficient (Wildman–Crippen LogP) is 8.82. The first-order valence-electron chi connectivity index (χ1n) is 16.5. The summed E-state index contributed by atoms with van der Waals surface area (Å²) >= 11 is 0. The maximum absolute atomic E-state index is 3.16. The molecule has 6 rings (SSSR count). The van der Waals surface area contributed by atoms with Crippen molar-refractivity contribution in [2.45, 2.75) is 44.4 Å². The van der Waals surface area contributed by atoms with Crippen molar-refractivity contribution in [3.8, 4) is 0 Å². The molecule has 0 spiro atoms. The van der Waals surface area contributed by atoms with Gasteiger partial charge in [0.1, 0.15) is 0 Å². The van der Waals surface area contributed by atoms with Crippen LogP contribution in [0, 0.1) is 0 Å². The fourth-order valence-electron chi connectivity index (χ4n) is 9.05. The van der Waals surface area contributed by atoms with Crippen LogP contribution in [0.2, 0.25) is 0 Å². The van der Waals surface area contributed by atoms with Gasteiger partial charge < -0.3 is 0 Å². The van der Waals surface area contributed by atoms with Crippen molar-refractivity contribution in [3.05, 3.63) is 182 Å². The van der Waals surface area contributed by atoms with E-state index in [1.165, 1.54) is 31.8 Å². The number of benzene rings is 6. The summed E-state index contributed by atoms with van der Waals surface area (Å²) in [5, 5.41) is 8.47. The van der Waals surface area contributed by atoms with E-state index in [0.717, 1.165) is 6.42 Å². The fraction of sp³-hybridized carbons (Fsp3) is 0.182. The Bertz CT molecular complexity index is 1650. The average molecular weight is 639 g/mol. The van der Waals surface area contributed by atoms with E-state index in [9.17, 15) is 0 Å². The first kappa shape index (κ1) is 32.1. The average Bonchev–Trinajstić information content (AvgIpc) is 3.10. The van der Waals surface area contributed by atoms with E-state index in [-0.39, 0.29) is 10.3 Å². The van der Waals surface area contributed by atoms with Gasteiger partial charge >= 0.3 is 279 Å². The van der Waals surface area contributed by atoms with Crippen LogP contribution < -0.4 is 31.8 Å². The number of hydrogen-bond donors (Lipinski definition) is 0. The molecule has 0 radical (unpaired) electrons. The molecule has 0 atom stereocenters. The standard InChI is InChI=1S/C44H48P2/c1-43(2,45(37-24-12-6-13-25-37,38-26-14-7-15-27-38)39-28-16-8-17-29-39)36-44(3,4)46(5,40-30-18-9-19-31-40,41-32-20-10-21-33-41)42-34-22-11-23-35-42/h6-35,45H,36H2,1-5H3. The van der Waals surface area contributed by atoms with Gasteiger partial charge in [-0.25, -0.2) is 0 Å².